The monoisotopic (exact) mass is 471 g/mol. The molecule has 0 atom stereocenters. The summed E-state index contributed by atoms with van der Waals surface area (Å²) in [5.74, 6) is -0.426. The number of nitrogens with one attached hydrogen (secondary N) is 1. The van der Waals surface area contributed by atoms with Gasteiger partial charge in [-0.1, -0.05) is 48.5 Å². The number of para-hydroxylation sites is 1. The number of anilines is 2. The highest BCUT2D eigenvalue weighted by Crippen LogP contribution is 2.26. The maximum Gasteiger partial charge on any atom is 0.264 e. The molecule has 1 heterocycles. The first kappa shape index (κ1) is 23.2. The van der Waals surface area contributed by atoms with Crippen LogP contribution in [-0.4, -0.2) is 25.9 Å². The van der Waals surface area contributed by atoms with E-state index in [1.54, 1.807) is 42.7 Å². The van der Waals surface area contributed by atoms with E-state index in [4.69, 9.17) is 0 Å². The van der Waals surface area contributed by atoms with Crippen LogP contribution >= 0.6 is 0 Å². The molecule has 0 spiro atoms. The lowest BCUT2D eigenvalue weighted by Gasteiger charge is -2.25. The van der Waals surface area contributed by atoms with Gasteiger partial charge in [0.1, 0.15) is 6.54 Å². The third kappa shape index (κ3) is 5.50. The van der Waals surface area contributed by atoms with Crippen LogP contribution in [0.15, 0.2) is 108 Å². The van der Waals surface area contributed by atoms with Gasteiger partial charge in [-0.3, -0.25) is 14.1 Å². The quantitative estimate of drug-likeness (QED) is 0.400. The summed E-state index contributed by atoms with van der Waals surface area (Å²) in [5, 5.41) is 2.82. The Balaban J connectivity index is 1.53. The molecule has 34 heavy (non-hydrogen) atoms. The van der Waals surface area contributed by atoms with Crippen molar-refractivity contribution in [2.45, 2.75) is 18.2 Å². The molecule has 0 radical (unpaired) electrons. The fraction of sp³-hybridized carbons (Fsp3) is 0.111. The molecule has 6 nitrogen and oxygen atoms in total. The average Bonchev–Trinajstić information content (AvgIpc) is 2.85. The van der Waals surface area contributed by atoms with Crippen LogP contribution in [0.5, 0.6) is 0 Å². The van der Waals surface area contributed by atoms with E-state index in [1.165, 1.54) is 12.1 Å². The van der Waals surface area contributed by atoms with Gasteiger partial charge in [-0.25, -0.2) is 8.42 Å². The zero-order chi connectivity index (χ0) is 24.0. The molecule has 1 aromatic heterocycles. The second kappa shape index (κ2) is 10.3. The molecule has 0 fully saturated rings. The predicted molar refractivity (Wildman–Crippen MR) is 134 cm³/mol. The number of aryl methyl sites for hydroxylation is 1. The van der Waals surface area contributed by atoms with Gasteiger partial charge in [0.25, 0.3) is 10.0 Å². The average molecular weight is 472 g/mol. The van der Waals surface area contributed by atoms with E-state index in [-0.39, 0.29) is 11.4 Å². The van der Waals surface area contributed by atoms with Crippen LogP contribution in [-0.2, 0) is 21.2 Å². The number of sulfonamides is 1. The number of carbonyl (C=O) groups is 1. The Morgan fingerprint density at radius 3 is 2.12 bits per heavy atom. The fourth-order valence-corrected chi connectivity index (χ4v) is 5.14. The van der Waals surface area contributed by atoms with Gasteiger partial charge in [-0.2, -0.15) is 0 Å². The molecule has 1 N–H and O–H groups in total. The van der Waals surface area contributed by atoms with Crippen LogP contribution in [0.1, 0.15) is 16.7 Å². The van der Waals surface area contributed by atoms with E-state index in [0.717, 1.165) is 27.4 Å². The molecule has 3 aromatic carbocycles. The lowest BCUT2D eigenvalue weighted by molar-refractivity contribution is -0.114. The normalized spacial score (nSPS) is 11.1. The molecule has 4 rings (SSSR count). The van der Waals surface area contributed by atoms with Gasteiger partial charge in [0.2, 0.25) is 5.91 Å². The van der Waals surface area contributed by atoms with Crippen molar-refractivity contribution in [2.75, 3.05) is 16.2 Å². The Hall–Kier alpha value is -3.97. The highest BCUT2D eigenvalue weighted by molar-refractivity contribution is 7.92. The minimum absolute atomic E-state index is 0.131. The first-order valence-corrected chi connectivity index (χ1v) is 12.3. The van der Waals surface area contributed by atoms with Gasteiger partial charge >= 0.3 is 0 Å². The van der Waals surface area contributed by atoms with Crippen LogP contribution in [0, 0.1) is 6.92 Å². The van der Waals surface area contributed by atoms with E-state index < -0.39 is 15.9 Å². The standard InChI is InChI=1S/C27H25N3O3S/c1-21-7-5-6-10-26(21)30(34(32,33)25-8-3-2-4-9-25)20-27(31)29-24-13-11-22(12-14-24)19-23-15-17-28-18-16-23/h2-18H,19-20H2,1H3,(H,29,31). The molecule has 4 aromatic rings. The number of hydrogen-bond acceptors (Lipinski definition) is 4. The summed E-state index contributed by atoms with van der Waals surface area (Å²) in [4.78, 5) is 17.1. The molecule has 1 amide bonds. The summed E-state index contributed by atoms with van der Waals surface area (Å²) in [6, 6.07) is 26.7. The number of nitrogens with zero attached hydrogens (tertiary/aromatic N) is 2. The number of rotatable bonds is 8. The molecule has 0 aliphatic rings. The van der Waals surface area contributed by atoms with E-state index in [9.17, 15) is 13.2 Å². The molecule has 0 aliphatic carbocycles. The topological polar surface area (TPSA) is 79.4 Å². The third-order valence-electron chi connectivity index (χ3n) is 5.40. The van der Waals surface area contributed by atoms with Crippen molar-refractivity contribution in [3.05, 3.63) is 120 Å². The number of hydrogen-bond donors (Lipinski definition) is 1. The van der Waals surface area contributed by atoms with E-state index in [0.29, 0.717) is 11.4 Å². The third-order valence-corrected chi connectivity index (χ3v) is 7.17. The lowest BCUT2D eigenvalue weighted by Crippen LogP contribution is -2.38. The van der Waals surface area contributed by atoms with Crippen LogP contribution in [0.2, 0.25) is 0 Å². The molecule has 0 bridgehead atoms. The molecule has 0 saturated heterocycles. The van der Waals surface area contributed by atoms with Crippen molar-refractivity contribution in [1.82, 2.24) is 4.98 Å². The predicted octanol–water partition coefficient (Wildman–Crippen LogP) is 4.81. The summed E-state index contributed by atoms with van der Waals surface area (Å²) in [6.07, 6.45) is 4.27. The molecule has 0 saturated carbocycles. The van der Waals surface area contributed by atoms with Gasteiger partial charge in [0.05, 0.1) is 10.6 Å². The maximum atomic E-state index is 13.4. The second-order valence-electron chi connectivity index (χ2n) is 7.89. The molecule has 7 heteroatoms. The molecular formula is C27H25N3O3S. The largest absolute Gasteiger partial charge is 0.325 e. The summed E-state index contributed by atoms with van der Waals surface area (Å²) in [6.45, 7) is 1.48. The highest BCUT2D eigenvalue weighted by atomic mass is 32.2. The summed E-state index contributed by atoms with van der Waals surface area (Å²) in [5.41, 5.74) is 4.07. The van der Waals surface area contributed by atoms with E-state index in [1.807, 2.05) is 55.5 Å². The molecular weight excluding hydrogens is 446 g/mol. The maximum absolute atomic E-state index is 13.4. The van der Waals surface area contributed by atoms with Crippen LogP contribution in [0.4, 0.5) is 11.4 Å². The smallest absolute Gasteiger partial charge is 0.264 e. The van der Waals surface area contributed by atoms with Gasteiger partial charge in [0, 0.05) is 18.1 Å². The van der Waals surface area contributed by atoms with Crippen molar-refractivity contribution >= 4 is 27.3 Å². The summed E-state index contributed by atoms with van der Waals surface area (Å²) in [7, 11) is -3.94. The summed E-state index contributed by atoms with van der Waals surface area (Å²) < 4.78 is 28.0. The number of amides is 1. The first-order chi connectivity index (χ1) is 16.4. The zero-order valence-electron chi connectivity index (χ0n) is 18.8. The van der Waals surface area contributed by atoms with E-state index in [2.05, 4.69) is 10.3 Å². The summed E-state index contributed by atoms with van der Waals surface area (Å²) >= 11 is 0. The van der Waals surface area contributed by atoms with Crippen molar-refractivity contribution in [3.8, 4) is 0 Å². The number of pyridine rings is 1. The van der Waals surface area contributed by atoms with Crippen molar-refractivity contribution in [3.63, 3.8) is 0 Å². The minimum Gasteiger partial charge on any atom is -0.325 e. The van der Waals surface area contributed by atoms with Gasteiger partial charge in [-0.15, -0.1) is 0 Å². The second-order valence-corrected chi connectivity index (χ2v) is 9.75. The molecule has 0 aliphatic heterocycles. The van der Waals surface area contributed by atoms with Gasteiger partial charge < -0.3 is 5.32 Å². The number of aromatic nitrogens is 1. The fourth-order valence-electron chi connectivity index (χ4n) is 3.64. The Labute approximate surface area is 200 Å². The number of benzene rings is 3. The van der Waals surface area contributed by atoms with Crippen molar-refractivity contribution < 1.29 is 13.2 Å². The Kier molecular flexibility index (Phi) is 7.04. The van der Waals surface area contributed by atoms with Gasteiger partial charge in [0.15, 0.2) is 0 Å². The van der Waals surface area contributed by atoms with Crippen molar-refractivity contribution in [1.29, 1.82) is 0 Å². The van der Waals surface area contributed by atoms with E-state index >= 15 is 0 Å². The molecule has 0 unspecified atom stereocenters. The Bertz CT molecular complexity index is 1360. The zero-order valence-corrected chi connectivity index (χ0v) is 19.6. The SMILES string of the molecule is Cc1ccccc1N(CC(=O)Nc1ccc(Cc2ccncc2)cc1)S(=O)(=O)c1ccccc1. The molecule has 172 valence electrons. The first-order valence-electron chi connectivity index (χ1n) is 10.8. The number of carbonyl (C=O) groups excluding carboxylic acids is 1. The van der Waals surface area contributed by atoms with Gasteiger partial charge in [-0.05, 0) is 72.5 Å². The van der Waals surface area contributed by atoms with Crippen LogP contribution < -0.4 is 9.62 Å². The highest BCUT2D eigenvalue weighted by Gasteiger charge is 2.28. The minimum atomic E-state index is -3.94. The lowest BCUT2D eigenvalue weighted by atomic mass is 10.1. The van der Waals surface area contributed by atoms with Crippen LogP contribution in [0.3, 0.4) is 0 Å². The van der Waals surface area contributed by atoms with Crippen molar-refractivity contribution in [2.24, 2.45) is 0 Å². The van der Waals surface area contributed by atoms with Crippen LogP contribution in [0.25, 0.3) is 0 Å². The Morgan fingerprint density at radius 1 is 0.824 bits per heavy atom. The Morgan fingerprint density at radius 2 is 1.44 bits per heavy atom.